The van der Waals surface area contributed by atoms with Gasteiger partial charge < -0.3 is 0 Å². The Morgan fingerprint density at radius 2 is 1.86 bits per heavy atom. The van der Waals surface area contributed by atoms with E-state index in [9.17, 15) is 4.39 Å². The van der Waals surface area contributed by atoms with Gasteiger partial charge in [-0.2, -0.15) is 5.10 Å². The first kappa shape index (κ1) is 15.1. The smallest absolute Gasteiger partial charge is 0.162 e. The molecule has 0 aliphatic carbocycles. The summed E-state index contributed by atoms with van der Waals surface area (Å²) in [5, 5.41) is 5.32. The molecule has 3 rings (SSSR count). The molecule has 5 heteroatoms. The van der Waals surface area contributed by atoms with Gasteiger partial charge in [0.15, 0.2) is 5.65 Å². The van der Waals surface area contributed by atoms with Gasteiger partial charge in [0.05, 0.1) is 17.6 Å². The van der Waals surface area contributed by atoms with Crippen molar-refractivity contribution in [2.24, 2.45) is 0 Å². The lowest BCUT2D eigenvalue weighted by molar-refractivity contribution is 0.588. The Hall–Kier alpha value is -2.30. The van der Waals surface area contributed by atoms with Gasteiger partial charge in [0.1, 0.15) is 11.6 Å². The highest BCUT2D eigenvalue weighted by atomic mass is 19.1. The van der Waals surface area contributed by atoms with Crippen molar-refractivity contribution >= 4 is 11.0 Å². The van der Waals surface area contributed by atoms with Crippen molar-refractivity contribution in [2.45, 2.75) is 34.2 Å². The van der Waals surface area contributed by atoms with Crippen molar-refractivity contribution in [1.82, 2.24) is 19.7 Å². The van der Waals surface area contributed by atoms with Gasteiger partial charge >= 0.3 is 0 Å². The van der Waals surface area contributed by atoms with E-state index in [4.69, 9.17) is 0 Å². The van der Waals surface area contributed by atoms with E-state index >= 15 is 0 Å². The maximum atomic E-state index is 13.7. The first-order chi connectivity index (χ1) is 10.1. The van der Waals surface area contributed by atoms with Crippen LogP contribution in [0.25, 0.3) is 11.0 Å². The summed E-state index contributed by atoms with van der Waals surface area (Å²) >= 11 is 0. The highest BCUT2D eigenvalue weighted by Crippen LogP contribution is 2.17. The first-order valence-corrected chi connectivity index (χ1v) is 7.05. The van der Waals surface area contributed by atoms with E-state index in [1.165, 1.54) is 6.07 Å². The topological polar surface area (TPSA) is 43.6 Å². The number of fused-ring (bicyclic) bond motifs is 1. The maximum Gasteiger partial charge on any atom is 0.162 e. The van der Waals surface area contributed by atoms with Crippen LogP contribution in [0, 0.1) is 19.7 Å². The second kappa shape index (κ2) is 6.43. The molecule has 0 saturated carbocycles. The minimum atomic E-state index is -0.227. The van der Waals surface area contributed by atoms with Gasteiger partial charge in [-0.25, -0.2) is 19.0 Å². The summed E-state index contributed by atoms with van der Waals surface area (Å²) in [6, 6.07) is 6.70. The molecule has 0 N–H and O–H groups in total. The van der Waals surface area contributed by atoms with Gasteiger partial charge in [0.2, 0.25) is 0 Å². The van der Waals surface area contributed by atoms with E-state index in [2.05, 4.69) is 15.1 Å². The molecular formula is C16H19FN4. The quantitative estimate of drug-likeness (QED) is 0.722. The Kier molecular flexibility index (Phi) is 4.62. The molecule has 21 heavy (non-hydrogen) atoms. The third-order valence-corrected chi connectivity index (χ3v) is 3.07. The molecule has 0 spiro atoms. The Labute approximate surface area is 123 Å². The van der Waals surface area contributed by atoms with E-state index in [0.29, 0.717) is 17.9 Å². The minimum Gasteiger partial charge on any atom is -0.242 e. The first-order valence-electron chi connectivity index (χ1n) is 7.05. The summed E-state index contributed by atoms with van der Waals surface area (Å²) in [5.74, 6) is 0.455. The van der Waals surface area contributed by atoms with Crippen LogP contribution in [0.4, 0.5) is 4.39 Å². The van der Waals surface area contributed by atoms with Crippen LogP contribution in [0.5, 0.6) is 0 Å². The SMILES string of the molecule is CC.Cc1ncc2c(C)nn(Cc3ccccc3F)c2n1. The number of nitrogens with zero attached hydrogens (tertiary/aromatic N) is 4. The highest BCUT2D eigenvalue weighted by Gasteiger charge is 2.11. The Morgan fingerprint density at radius 3 is 2.57 bits per heavy atom. The van der Waals surface area contributed by atoms with Crippen LogP contribution in [0.3, 0.4) is 0 Å². The molecule has 110 valence electrons. The van der Waals surface area contributed by atoms with Crippen molar-refractivity contribution in [3.05, 3.63) is 53.4 Å². The molecule has 3 aromatic rings. The Balaban J connectivity index is 0.000000774. The molecule has 0 saturated heterocycles. The van der Waals surface area contributed by atoms with Crippen LogP contribution in [-0.2, 0) is 6.54 Å². The zero-order chi connectivity index (χ0) is 15.4. The molecule has 2 heterocycles. The van der Waals surface area contributed by atoms with Gasteiger partial charge in [-0.05, 0) is 19.9 Å². The van der Waals surface area contributed by atoms with Crippen molar-refractivity contribution in [2.75, 3.05) is 0 Å². The van der Waals surface area contributed by atoms with E-state index in [1.54, 1.807) is 23.0 Å². The fourth-order valence-electron chi connectivity index (χ4n) is 2.09. The van der Waals surface area contributed by atoms with Crippen molar-refractivity contribution in [3.8, 4) is 0 Å². The van der Waals surface area contributed by atoms with Crippen LogP contribution in [0.1, 0.15) is 30.9 Å². The Morgan fingerprint density at radius 1 is 1.14 bits per heavy atom. The zero-order valence-corrected chi connectivity index (χ0v) is 12.8. The average molecular weight is 286 g/mol. The lowest BCUT2D eigenvalue weighted by Crippen LogP contribution is -2.05. The number of hydrogen-bond acceptors (Lipinski definition) is 3. The number of halogens is 1. The van der Waals surface area contributed by atoms with Crippen LogP contribution >= 0.6 is 0 Å². The van der Waals surface area contributed by atoms with E-state index in [1.807, 2.05) is 33.8 Å². The molecule has 2 aromatic heterocycles. The van der Waals surface area contributed by atoms with Crippen LogP contribution in [-0.4, -0.2) is 19.7 Å². The number of aryl methyl sites for hydroxylation is 2. The molecule has 0 unspecified atom stereocenters. The standard InChI is InChI=1S/C14H13FN4.C2H6/c1-9-12-7-16-10(2)17-14(12)19(18-9)8-11-5-3-4-6-13(11)15;1-2/h3-7H,8H2,1-2H3;1-2H3. The average Bonchev–Trinajstić information content (AvgIpc) is 2.79. The molecule has 0 bridgehead atoms. The summed E-state index contributed by atoms with van der Waals surface area (Å²) in [5.41, 5.74) is 2.20. The number of rotatable bonds is 2. The number of hydrogen-bond donors (Lipinski definition) is 0. The van der Waals surface area contributed by atoms with Gasteiger partial charge in [-0.3, -0.25) is 0 Å². The van der Waals surface area contributed by atoms with Crippen molar-refractivity contribution in [3.63, 3.8) is 0 Å². The predicted octanol–water partition coefficient (Wildman–Crippen LogP) is 3.66. The summed E-state index contributed by atoms with van der Waals surface area (Å²) in [7, 11) is 0. The summed E-state index contributed by atoms with van der Waals surface area (Å²) < 4.78 is 15.4. The third-order valence-electron chi connectivity index (χ3n) is 3.07. The molecule has 0 aliphatic heterocycles. The highest BCUT2D eigenvalue weighted by molar-refractivity contribution is 5.77. The lowest BCUT2D eigenvalue weighted by Gasteiger charge is -2.04. The fraction of sp³-hybridized carbons (Fsp3) is 0.312. The maximum absolute atomic E-state index is 13.7. The second-order valence-corrected chi connectivity index (χ2v) is 4.49. The third kappa shape index (κ3) is 3.07. The van der Waals surface area contributed by atoms with Gasteiger partial charge in [0.25, 0.3) is 0 Å². The largest absolute Gasteiger partial charge is 0.242 e. The van der Waals surface area contributed by atoms with Crippen LogP contribution in [0.15, 0.2) is 30.5 Å². The lowest BCUT2D eigenvalue weighted by atomic mass is 10.2. The van der Waals surface area contributed by atoms with Crippen molar-refractivity contribution in [1.29, 1.82) is 0 Å². The summed E-state index contributed by atoms with van der Waals surface area (Å²) in [6.45, 7) is 8.10. The molecule has 0 amide bonds. The zero-order valence-electron chi connectivity index (χ0n) is 12.8. The summed E-state index contributed by atoms with van der Waals surface area (Å²) in [4.78, 5) is 8.56. The number of benzene rings is 1. The number of aromatic nitrogens is 4. The molecule has 0 atom stereocenters. The second-order valence-electron chi connectivity index (χ2n) is 4.49. The predicted molar refractivity (Wildman–Crippen MR) is 81.6 cm³/mol. The van der Waals surface area contributed by atoms with E-state index in [-0.39, 0.29) is 5.82 Å². The monoisotopic (exact) mass is 286 g/mol. The fourth-order valence-corrected chi connectivity index (χ4v) is 2.09. The Bertz CT molecular complexity index is 749. The molecule has 0 aliphatic rings. The molecule has 0 fully saturated rings. The minimum absolute atomic E-state index is 0.227. The summed E-state index contributed by atoms with van der Waals surface area (Å²) in [6.07, 6.45) is 1.76. The molecular weight excluding hydrogens is 267 g/mol. The van der Waals surface area contributed by atoms with Crippen molar-refractivity contribution < 1.29 is 4.39 Å². The van der Waals surface area contributed by atoms with Gasteiger partial charge in [-0.15, -0.1) is 0 Å². The van der Waals surface area contributed by atoms with E-state index in [0.717, 1.165) is 16.7 Å². The molecule has 1 aromatic carbocycles. The molecule has 4 nitrogen and oxygen atoms in total. The molecule has 0 radical (unpaired) electrons. The van der Waals surface area contributed by atoms with Crippen LogP contribution < -0.4 is 0 Å². The van der Waals surface area contributed by atoms with Crippen LogP contribution in [0.2, 0.25) is 0 Å². The normalized spacial score (nSPS) is 10.3. The van der Waals surface area contributed by atoms with E-state index < -0.39 is 0 Å². The van der Waals surface area contributed by atoms with Gasteiger partial charge in [-0.1, -0.05) is 32.0 Å². The van der Waals surface area contributed by atoms with Gasteiger partial charge in [0, 0.05) is 11.8 Å².